The molecule has 0 aromatic carbocycles. The zero-order valence-corrected chi connectivity index (χ0v) is 4.95. The molecule has 0 saturated carbocycles. The van der Waals surface area contributed by atoms with Crippen LogP contribution in [0.1, 0.15) is 0 Å². The third-order valence-corrected chi connectivity index (χ3v) is 1.17. The van der Waals surface area contributed by atoms with Crippen LogP contribution in [0.4, 0.5) is 0 Å². The molecule has 0 radical (unpaired) electrons. The molecule has 0 aliphatic carbocycles. The molecule has 0 fully saturated rings. The Balaban J connectivity index is 2.30. The molecule has 0 atom stereocenters. The first-order valence-corrected chi connectivity index (χ1v) is 4.75. The van der Waals surface area contributed by atoms with E-state index in [-0.39, 0.29) is 20.1 Å². The van der Waals surface area contributed by atoms with E-state index >= 15 is 0 Å². The standard InChI is InChI=1S/C2H3ClI/c1-2-4-3/h2H,1H2/q-1. The van der Waals surface area contributed by atoms with Crippen molar-refractivity contribution >= 4 is 8.91 Å². The Morgan fingerprint density at radius 1 is 2.00 bits per heavy atom. The number of rotatable bonds is 1. The molecule has 0 aromatic heterocycles. The maximum absolute atomic E-state index is 5.18. The quantitative estimate of drug-likeness (QED) is 0.435. The van der Waals surface area contributed by atoms with Gasteiger partial charge < -0.3 is 0 Å². The van der Waals surface area contributed by atoms with E-state index in [2.05, 4.69) is 6.58 Å². The second kappa shape index (κ2) is 3.76. The summed E-state index contributed by atoms with van der Waals surface area (Å²) in [5.41, 5.74) is 0. The van der Waals surface area contributed by atoms with E-state index in [4.69, 9.17) is 8.91 Å². The van der Waals surface area contributed by atoms with Crippen LogP contribution in [0, 0.1) is 0 Å². The van der Waals surface area contributed by atoms with Gasteiger partial charge in [0.25, 0.3) is 0 Å². The summed E-state index contributed by atoms with van der Waals surface area (Å²) in [6, 6.07) is 0. The van der Waals surface area contributed by atoms with E-state index in [1.54, 1.807) is 4.08 Å². The zero-order chi connectivity index (χ0) is 3.41. The van der Waals surface area contributed by atoms with Crippen LogP contribution >= 0.6 is 8.91 Å². The van der Waals surface area contributed by atoms with Gasteiger partial charge >= 0.3 is 39.6 Å². The van der Waals surface area contributed by atoms with Gasteiger partial charge in [-0.15, -0.1) is 0 Å². The molecule has 4 heavy (non-hydrogen) atoms. The molecule has 2 heteroatoms. The van der Waals surface area contributed by atoms with Crippen LogP contribution in [0.5, 0.6) is 0 Å². The Bertz CT molecular complexity index is 20.0. The van der Waals surface area contributed by atoms with E-state index in [1.165, 1.54) is 0 Å². The van der Waals surface area contributed by atoms with Crippen LogP contribution in [0.15, 0.2) is 10.7 Å². The molecule has 0 nitrogen and oxygen atoms in total. The predicted molar refractivity (Wildman–Crippen MR) is 16.1 cm³/mol. The minimum atomic E-state index is -0.153. The van der Waals surface area contributed by atoms with Gasteiger partial charge in [0, 0.05) is 0 Å². The molecule has 0 bridgehead atoms. The molecule has 0 unspecified atom stereocenters. The Kier molecular flexibility index (Phi) is 4.47. The summed E-state index contributed by atoms with van der Waals surface area (Å²) in [5.74, 6) is 0. The zero-order valence-electron chi connectivity index (χ0n) is 2.04. The molecule has 0 saturated heterocycles. The summed E-state index contributed by atoms with van der Waals surface area (Å²) < 4.78 is 1.75. The van der Waals surface area contributed by atoms with Crippen LogP contribution in [-0.2, 0) is 0 Å². The van der Waals surface area contributed by atoms with Crippen LogP contribution in [0.3, 0.4) is 0 Å². The van der Waals surface area contributed by atoms with Gasteiger partial charge in [0.05, 0.1) is 0 Å². The topological polar surface area (TPSA) is 0 Å². The van der Waals surface area contributed by atoms with Gasteiger partial charge in [0.1, 0.15) is 0 Å². The average molecular weight is 189 g/mol. The Morgan fingerprint density at radius 3 is 2.25 bits per heavy atom. The summed E-state index contributed by atoms with van der Waals surface area (Å²) in [4.78, 5) is 0. The molecular formula is C2H3ClI-. The summed E-state index contributed by atoms with van der Waals surface area (Å²) in [6.07, 6.45) is 0. The van der Waals surface area contributed by atoms with Crippen molar-refractivity contribution in [3.05, 3.63) is 10.7 Å². The summed E-state index contributed by atoms with van der Waals surface area (Å²) in [5, 5.41) is 0. The first-order valence-electron chi connectivity index (χ1n) is 0.769. The Labute approximate surface area is 39.8 Å². The molecule has 0 aliphatic heterocycles. The number of hydrogen-bond donors (Lipinski definition) is 0. The van der Waals surface area contributed by atoms with Crippen molar-refractivity contribution in [1.82, 2.24) is 0 Å². The molecule has 0 rings (SSSR count). The van der Waals surface area contributed by atoms with E-state index in [0.29, 0.717) is 0 Å². The van der Waals surface area contributed by atoms with E-state index < -0.39 is 0 Å². The molecule has 26 valence electrons. The number of halogens is 2. The van der Waals surface area contributed by atoms with Gasteiger partial charge in [-0.05, 0) is 0 Å². The van der Waals surface area contributed by atoms with Gasteiger partial charge in [-0.3, -0.25) is 0 Å². The van der Waals surface area contributed by atoms with Crippen LogP contribution < -0.4 is 20.1 Å². The van der Waals surface area contributed by atoms with Gasteiger partial charge in [-0.2, -0.15) is 0 Å². The van der Waals surface area contributed by atoms with Crippen molar-refractivity contribution in [2.75, 3.05) is 0 Å². The fourth-order valence-corrected chi connectivity index (χ4v) is 0. The third-order valence-electron chi connectivity index (χ3n) is 0.0583. The van der Waals surface area contributed by atoms with Crippen molar-refractivity contribution in [2.24, 2.45) is 0 Å². The summed E-state index contributed by atoms with van der Waals surface area (Å²) in [7, 11) is 5.18. The van der Waals surface area contributed by atoms with E-state index in [0.717, 1.165) is 0 Å². The van der Waals surface area contributed by atoms with Crippen LogP contribution in [0.25, 0.3) is 0 Å². The van der Waals surface area contributed by atoms with Crippen molar-refractivity contribution in [1.29, 1.82) is 0 Å². The third kappa shape index (κ3) is 2.76. The van der Waals surface area contributed by atoms with E-state index in [1.807, 2.05) is 0 Å². The maximum atomic E-state index is 5.18. The van der Waals surface area contributed by atoms with Crippen LogP contribution in [0.2, 0.25) is 0 Å². The molecule has 0 aliphatic rings. The molecule has 0 amide bonds. The van der Waals surface area contributed by atoms with Crippen molar-refractivity contribution < 1.29 is 20.1 Å². The SMILES string of the molecule is C=C[I-]Cl. The van der Waals surface area contributed by atoms with Gasteiger partial charge in [-0.25, -0.2) is 0 Å². The first-order chi connectivity index (χ1) is 1.91. The molecule has 0 N–H and O–H groups in total. The first kappa shape index (κ1) is 4.76. The van der Waals surface area contributed by atoms with Crippen molar-refractivity contribution in [2.45, 2.75) is 0 Å². The Hall–Kier alpha value is 0.760. The van der Waals surface area contributed by atoms with Gasteiger partial charge in [0.2, 0.25) is 0 Å². The van der Waals surface area contributed by atoms with E-state index in [9.17, 15) is 0 Å². The van der Waals surface area contributed by atoms with Crippen molar-refractivity contribution in [3.63, 3.8) is 0 Å². The van der Waals surface area contributed by atoms with Gasteiger partial charge in [0.15, 0.2) is 0 Å². The second-order valence-electron chi connectivity index (χ2n) is 0.237. The summed E-state index contributed by atoms with van der Waals surface area (Å²) in [6.45, 7) is 3.40. The number of hydrogen-bond acceptors (Lipinski definition) is 0. The van der Waals surface area contributed by atoms with Gasteiger partial charge in [-0.1, -0.05) is 0 Å². The van der Waals surface area contributed by atoms with Crippen LogP contribution in [-0.4, -0.2) is 0 Å². The molecule has 0 aromatic rings. The average Bonchev–Trinajstić information content (AvgIpc) is 1.37. The fourth-order valence-electron chi connectivity index (χ4n) is 0. The minimum absolute atomic E-state index is 0.153. The molecular weight excluding hydrogens is 186 g/mol. The Morgan fingerprint density at radius 2 is 2.25 bits per heavy atom. The molecule has 0 spiro atoms. The van der Waals surface area contributed by atoms with Crippen molar-refractivity contribution in [3.8, 4) is 0 Å². The summed E-state index contributed by atoms with van der Waals surface area (Å²) >= 11 is -0.153. The monoisotopic (exact) mass is 189 g/mol. The predicted octanol–water partition coefficient (Wildman–Crippen LogP) is -1.63. The molecule has 0 heterocycles. The second-order valence-corrected chi connectivity index (χ2v) is 2.69. The normalized spacial score (nSPS) is 7.25. The fraction of sp³-hybridized carbons (Fsp3) is 0.